The normalized spacial score (nSPS) is 18.7. The topological polar surface area (TPSA) is 279 Å². The number of fused-ring (bicyclic) bond motifs is 1. The van der Waals surface area contributed by atoms with Gasteiger partial charge in [0.05, 0.1) is 6.61 Å². The number of aliphatic hydroxyl groups excluding tert-OH is 1. The number of anilines is 1. The van der Waals surface area contributed by atoms with Crippen molar-refractivity contribution in [2.24, 2.45) is 0 Å². The van der Waals surface area contributed by atoms with Gasteiger partial charge in [-0.1, -0.05) is 0 Å². The van der Waals surface area contributed by atoms with Crippen LogP contribution in [0.15, 0.2) is 11.1 Å². The van der Waals surface area contributed by atoms with Crippen molar-refractivity contribution in [1.29, 1.82) is 0 Å². The Labute approximate surface area is 184 Å². The lowest BCUT2D eigenvalue weighted by atomic mass is 10.0. The number of nitrogens with one attached hydrogen (secondary N) is 1. The van der Waals surface area contributed by atoms with E-state index in [2.05, 4.69) is 28.1 Å². The molecule has 0 aliphatic carbocycles. The number of hydrogen-bond acceptors (Lipinski definition) is 13. The maximum atomic E-state index is 11.9. The van der Waals surface area contributed by atoms with Crippen molar-refractivity contribution in [3.8, 4) is 12.3 Å². The van der Waals surface area contributed by atoms with Crippen LogP contribution in [0.2, 0.25) is 0 Å². The monoisotopic (exact) mass is 533 g/mol. The number of aromatic amines is 1. The summed E-state index contributed by atoms with van der Waals surface area (Å²) in [6, 6.07) is 0. The van der Waals surface area contributed by atoms with Crippen LogP contribution in [0.25, 0.3) is 11.2 Å². The number of hydrogen-bond donors (Lipinski definition) is 7. The zero-order valence-electron chi connectivity index (χ0n) is 16.3. The van der Waals surface area contributed by atoms with Gasteiger partial charge in [-0.15, -0.1) is 6.42 Å². The van der Waals surface area contributed by atoms with E-state index < -0.39 is 54.0 Å². The molecule has 5 atom stereocenters. The minimum Gasteiger partial charge on any atom is -0.384 e. The molecule has 18 nitrogen and oxygen atoms in total. The molecular formula is C12H18N5O13P3. The van der Waals surface area contributed by atoms with Crippen LogP contribution in [0.4, 0.5) is 5.95 Å². The molecule has 0 radical (unpaired) electrons. The van der Waals surface area contributed by atoms with Gasteiger partial charge >= 0.3 is 23.9 Å². The van der Waals surface area contributed by atoms with Gasteiger partial charge < -0.3 is 35.4 Å². The number of aromatic nitrogens is 4. The Kier molecular flexibility index (Phi) is 8.37. The molecule has 0 aliphatic rings. The third kappa shape index (κ3) is 6.55. The lowest BCUT2D eigenvalue weighted by Crippen LogP contribution is -2.51. The minimum absolute atomic E-state index is 0.293. The van der Waals surface area contributed by atoms with E-state index in [1.807, 2.05) is 5.92 Å². The van der Waals surface area contributed by atoms with Crippen LogP contribution in [-0.4, -0.2) is 70.3 Å². The molecular weight excluding hydrogens is 515 g/mol. The summed E-state index contributed by atoms with van der Waals surface area (Å²) >= 11 is 0. The second-order valence-electron chi connectivity index (χ2n) is 6.01. The molecule has 2 aromatic rings. The second-order valence-corrected chi connectivity index (χ2v) is 10.2. The van der Waals surface area contributed by atoms with E-state index in [0.29, 0.717) is 4.57 Å². The molecule has 0 amide bonds. The van der Waals surface area contributed by atoms with E-state index in [9.17, 15) is 33.6 Å². The van der Waals surface area contributed by atoms with Gasteiger partial charge in [0.2, 0.25) is 11.7 Å². The Hall–Kier alpha value is -1.96. The van der Waals surface area contributed by atoms with E-state index in [0.717, 1.165) is 13.4 Å². The predicted octanol–water partition coefficient (Wildman–Crippen LogP) is -2.01. The smallest absolute Gasteiger partial charge is 0.384 e. The fourth-order valence-electron chi connectivity index (χ4n) is 2.42. The minimum atomic E-state index is -5.30. The Morgan fingerprint density at radius 1 is 1.39 bits per heavy atom. The highest BCUT2D eigenvalue weighted by atomic mass is 31.3. The Morgan fingerprint density at radius 3 is 2.58 bits per heavy atom. The molecule has 33 heavy (non-hydrogen) atoms. The zero-order chi connectivity index (χ0) is 25.2. The van der Waals surface area contributed by atoms with Crippen LogP contribution < -0.4 is 11.3 Å². The quantitative estimate of drug-likeness (QED) is 0.121. The van der Waals surface area contributed by atoms with Gasteiger partial charge in [-0.05, 0) is 5.92 Å². The SMILES string of the molecule is C#C[C@@](O)([C@H](O)[C@H](COP(=O)(O)O[PH](=O)OP(=O)(O)O)OC)n1cnc2c(=O)[nH]c(N)nc21. The summed E-state index contributed by atoms with van der Waals surface area (Å²) in [7, 11) is -13.8. The number of phosphoric acid groups is 2. The summed E-state index contributed by atoms with van der Waals surface area (Å²) in [5, 5.41) is 21.6. The number of phosphoric ester groups is 1. The predicted molar refractivity (Wildman–Crippen MR) is 107 cm³/mol. The van der Waals surface area contributed by atoms with Crippen molar-refractivity contribution in [3.05, 3.63) is 16.7 Å². The Bertz CT molecular complexity index is 1230. The van der Waals surface area contributed by atoms with Crippen molar-refractivity contribution in [2.75, 3.05) is 19.5 Å². The highest BCUT2D eigenvalue weighted by Gasteiger charge is 2.44. The lowest BCUT2D eigenvalue weighted by Gasteiger charge is -2.33. The number of nitrogens with zero attached hydrogens (tertiary/aromatic N) is 3. The summed E-state index contributed by atoms with van der Waals surface area (Å²) in [4.78, 5) is 48.2. The molecule has 0 saturated carbocycles. The molecule has 0 fully saturated rings. The van der Waals surface area contributed by atoms with Crippen LogP contribution in [-0.2, 0) is 37.3 Å². The molecule has 2 heterocycles. The van der Waals surface area contributed by atoms with Gasteiger partial charge in [-0.3, -0.25) is 23.4 Å². The number of H-pyrrole nitrogens is 1. The Balaban J connectivity index is 2.26. The fourth-order valence-corrected chi connectivity index (χ4v) is 4.93. The van der Waals surface area contributed by atoms with E-state index in [-0.39, 0.29) is 17.1 Å². The first-order valence-electron chi connectivity index (χ1n) is 8.24. The zero-order valence-corrected chi connectivity index (χ0v) is 19.1. The van der Waals surface area contributed by atoms with Crippen molar-refractivity contribution in [2.45, 2.75) is 17.9 Å². The van der Waals surface area contributed by atoms with Crippen LogP contribution in [0.1, 0.15) is 0 Å². The molecule has 2 aromatic heterocycles. The molecule has 8 N–H and O–H groups in total. The van der Waals surface area contributed by atoms with E-state index in [1.165, 1.54) is 0 Å². The van der Waals surface area contributed by atoms with E-state index in [1.54, 1.807) is 0 Å². The highest BCUT2D eigenvalue weighted by Crippen LogP contribution is 2.58. The molecule has 0 aromatic carbocycles. The Morgan fingerprint density at radius 2 is 2.03 bits per heavy atom. The number of rotatable bonds is 11. The number of nitrogens with two attached hydrogens (primary N) is 1. The summed E-state index contributed by atoms with van der Waals surface area (Å²) in [6.07, 6.45) is 2.40. The number of methoxy groups -OCH3 is 1. The summed E-state index contributed by atoms with van der Waals surface area (Å²) in [6.45, 7) is -1.04. The molecule has 0 saturated heterocycles. The third-order valence-corrected chi connectivity index (χ3v) is 7.40. The number of nitrogen functional groups attached to an aromatic ring is 1. The molecule has 0 bridgehead atoms. The molecule has 21 heteroatoms. The average molecular weight is 533 g/mol. The van der Waals surface area contributed by atoms with Crippen molar-refractivity contribution in [1.82, 2.24) is 19.5 Å². The fraction of sp³-hybridized carbons (Fsp3) is 0.417. The van der Waals surface area contributed by atoms with Crippen LogP contribution >= 0.6 is 23.9 Å². The molecule has 2 rings (SSSR count). The highest BCUT2D eigenvalue weighted by molar-refractivity contribution is 7.61. The van der Waals surface area contributed by atoms with Crippen LogP contribution in [0.3, 0.4) is 0 Å². The van der Waals surface area contributed by atoms with Gasteiger partial charge in [0.1, 0.15) is 18.5 Å². The van der Waals surface area contributed by atoms with E-state index >= 15 is 0 Å². The maximum absolute atomic E-state index is 11.9. The van der Waals surface area contributed by atoms with Crippen molar-refractivity contribution < 1.29 is 56.5 Å². The van der Waals surface area contributed by atoms with Crippen molar-refractivity contribution in [3.63, 3.8) is 0 Å². The lowest BCUT2D eigenvalue weighted by molar-refractivity contribution is -0.151. The van der Waals surface area contributed by atoms with E-state index in [4.69, 9.17) is 26.7 Å². The van der Waals surface area contributed by atoms with Crippen LogP contribution in [0.5, 0.6) is 0 Å². The third-order valence-electron chi connectivity index (χ3n) is 3.86. The first-order valence-corrected chi connectivity index (χ1v) is 12.5. The standard InChI is InChI=1S/C12H18N5O13P3/c1-3-12(20,17-5-14-7-9(17)15-11(13)16-10(7)19)8(18)6(27-2)4-28-33(25,26)30-31(21)29-32(22,23)24/h1,5-6,8,18,20,31H,4H2,2H3,(H,25,26)(H2,22,23,24)(H3,13,15,16,19)/t6-,8+,12+/m0/s1. The number of imidazole rings is 1. The van der Waals surface area contributed by atoms with Gasteiger partial charge in [-0.25, -0.2) is 22.7 Å². The van der Waals surface area contributed by atoms with Gasteiger partial charge in [0, 0.05) is 7.11 Å². The van der Waals surface area contributed by atoms with Gasteiger partial charge in [0.15, 0.2) is 11.2 Å². The summed E-state index contributed by atoms with van der Waals surface area (Å²) in [5.74, 6) is 1.51. The maximum Gasteiger partial charge on any atom is 0.479 e. The molecule has 0 spiro atoms. The largest absolute Gasteiger partial charge is 0.479 e. The molecule has 0 aliphatic heterocycles. The summed E-state index contributed by atoms with van der Waals surface area (Å²) in [5.41, 5.74) is 1.36. The number of ether oxygens (including phenoxy) is 1. The van der Waals surface area contributed by atoms with Gasteiger partial charge in [0.25, 0.3) is 5.56 Å². The van der Waals surface area contributed by atoms with Crippen LogP contribution in [0, 0.1) is 12.3 Å². The average Bonchev–Trinajstić information content (AvgIpc) is 3.10. The second kappa shape index (κ2) is 10.1. The summed E-state index contributed by atoms with van der Waals surface area (Å²) < 4.78 is 51.4. The first-order chi connectivity index (χ1) is 15.1. The van der Waals surface area contributed by atoms with Crippen molar-refractivity contribution >= 4 is 41.0 Å². The number of aliphatic hydroxyl groups is 2. The molecule has 2 unspecified atom stereocenters. The first kappa shape index (κ1) is 27.3. The molecule has 184 valence electrons. The van der Waals surface area contributed by atoms with Gasteiger partial charge in [-0.2, -0.15) is 4.98 Å². The number of terminal acetylenes is 1.